The molecule has 2 aromatic carbocycles. The van der Waals surface area contributed by atoms with Gasteiger partial charge in [-0.3, -0.25) is 9.98 Å². The number of benzene rings is 2. The molecule has 2 rings (SSSR count). The first-order valence-corrected chi connectivity index (χ1v) is 10.2. The van der Waals surface area contributed by atoms with Gasteiger partial charge in [-0.1, -0.05) is 35.8 Å². The van der Waals surface area contributed by atoms with Crippen molar-refractivity contribution >= 4 is 12.4 Å². The SMILES string of the molecule is CCOc1cccc(C=NCCN=Cc2cccc(OCC)c2[O-])c1[O-].O=[N+]([O-])[O-].O=[N+]([O-])[O-].O=[N+]([O-])[O-].[Cu+2].[Eu+3]. The standard InChI is InChI=1S/C20H24N2O4.Cu.Eu.3NO3/c1-3-25-17-9-5-7-15(19(17)23)13-21-11-12-22-14-16-8-6-10-18(20(16)24)26-4-2;;;3*2-1(3)4/h5-10,13-14,23-24H,3-4,11-12H2,1-2H3;;;;;/q;+2;+3;3*-1/p-2. The first-order valence-electron chi connectivity index (χ1n) is 10.2. The largest absolute Gasteiger partial charge is 3.00 e. The summed E-state index contributed by atoms with van der Waals surface area (Å²) in [7, 11) is 0. The van der Waals surface area contributed by atoms with E-state index in [4.69, 9.17) is 55.4 Å². The number of nitrogens with zero attached hydrogens (tertiary/aromatic N) is 5. The Balaban J connectivity index is -0.000000392. The van der Waals surface area contributed by atoms with Crippen LogP contribution >= 0.6 is 0 Å². The molecule has 0 saturated carbocycles. The van der Waals surface area contributed by atoms with Crippen molar-refractivity contribution in [2.45, 2.75) is 13.8 Å². The monoisotopic (exact) mass is 756 g/mol. The van der Waals surface area contributed by atoms with Gasteiger partial charge in [-0.2, -0.15) is 0 Å². The van der Waals surface area contributed by atoms with Crippen molar-refractivity contribution in [2.24, 2.45) is 9.98 Å². The predicted octanol–water partition coefficient (Wildman–Crippen LogP) is 1.45. The van der Waals surface area contributed by atoms with Crippen molar-refractivity contribution in [2.75, 3.05) is 26.3 Å². The Morgan fingerprint density at radius 3 is 1.20 bits per heavy atom. The van der Waals surface area contributed by atoms with E-state index in [-0.39, 0.29) is 77.9 Å². The van der Waals surface area contributed by atoms with E-state index in [1.54, 1.807) is 36.4 Å². The van der Waals surface area contributed by atoms with Gasteiger partial charge in [0.15, 0.2) is 0 Å². The fraction of sp³-hybridized carbons (Fsp3) is 0.300. The van der Waals surface area contributed by atoms with E-state index in [0.29, 0.717) is 48.9 Å². The van der Waals surface area contributed by atoms with Gasteiger partial charge >= 0.3 is 66.4 Å². The molecule has 0 amide bonds. The normalized spacial score (nSPS) is 9.15. The minimum atomic E-state index is -1.75. The van der Waals surface area contributed by atoms with Crippen molar-refractivity contribution in [3.8, 4) is 23.0 Å². The Morgan fingerprint density at radius 2 is 0.950 bits per heavy atom. The smallest absolute Gasteiger partial charge is 0.870 e. The van der Waals surface area contributed by atoms with Crippen molar-refractivity contribution in [1.82, 2.24) is 0 Å². The van der Waals surface area contributed by atoms with Crippen LogP contribution in [0.1, 0.15) is 25.0 Å². The van der Waals surface area contributed by atoms with Gasteiger partial charge in [0.2, 0.25) is 0 Å². The van der Waals surface area contributed by atoms with Gasteiger partial charge in [-0.15, -0.1) is 0 Å². The van der Waals surface area contributed by atoms with E-state index in [2.05, 4.69) is 9.98 Å². The summed E-state index contributed by atoms with van der Waals surface area (Å²) in [5, 5.41) is 68.4. The van der Waals surface area contributed by atoms with Crippen molar-refractivity contribution in [1.29, 1.82) is 0 Å². The summed E-state index contributed by atoms with van der Waals surface area (Å²) in [5.41, 5.74) is 0.956. The van der Waals surface area contributed by atoms with Gasteiger partial charge in [0.05, 0.1) is 41.6 Å². The van der Waals surface area contributed by atoms with Crippen molar-refractivity contribution in [3.63, 3.8) is 0 Å². The Morgan fingerprint density at radius 1 is 0.675 bits per heavy atom. The molecule has 0 saturated heterocycles. The van der Waals surface area contributed by atoms with Gasteiger partial charge in [0, 0.05) is 12.4 Å². The van der Waals surface area contributed by atoms with Gasteiger partial charge < -0.3 is 65.7 Å². The fourth-order valence-corrected chi connectivity index (χ4v) is 2.25. The fourth-order valence-electron chi connectivity index (χ4n) is 2.25. The first-order chi connectivity index (χ1) is 17.9. The third kappa shape index (κ3) is 25.0. The number of para-hydroxylation sites is 2. The molecule has 0 atom stereocenters. The molecule has 0 spiro atoms. The van der Waals surface area contributed by atoms with E-state index in [1.807, 2.05) is 13.8 Å². The molecule has 40 heavy (non-hydrogen) atoms. The van der Waals surface area contributed by atoms with Gasteiger partial charge in [-0.25, -0.2) is 0 Å². The van der Waals surface area contributed by atoms with Crippen LogP contribution in [0.4, 0.5) is 0 Å². The average Bonchev–Trinajstić information content (AvgIpc) is 2.80. The third-order valence-electron chi connectivity index (χ3n) is 3.44. The van der Waals surface area contributed by atoms with Crippen LogP contribution in [0.2, 0.25) is 0 Å². The van der Waals surface area contributed by atoms with E-state index in [1.165, 1.54) is 12.4 Å². The van der Waals surface area contributed by atoms with E-state index in [9.17, 15) is 10.2 Å². The van der Waals surface area contributed by atoms with Crippen LogP contribution in [-0.2, 0) is 17.1 Å². The number of hydrogen-bond acceptors (Lipinski definition) is 15. The summed E-state index contributed by atoms with van der Waals surface area (Å²) in [6.07, 6.45) is 3.05. The average molecular weight is 756 g/mol. The summed E-state index contributed by atoms with van der Waals surface area (Å²) >= 11 is 0. The maximum atomic E-state index is 12.1. The number of aliphatic imine (C=N–C) groups is 2. The Labute approximate surface area is 278 Å². The van der Waals surface area contributed by atoms with Crippen molar-refractivity contribution < 1.29 is 101 Å². The summed E-state index contributed by atoms with van der Waals surface area (Å²) in [6.45, 7) is 5.36. The maximum absolute atomic E-state index is 12.1. The van der Waals surface area contributed by atoms with Crippen LogP contribution in [0.25, 0.3) is 0 Å². The minimum Gasteiger partial charge on any atom is -0.870 e. The molecular weight excluding hydrogens is 734 g/mol. The van der Waals surface area contributed by atoms with E-state index < -0.39 is 15.3 Å². The molecule has 1 radical (unpaired) electrons. The summed E-state index contributed by atoms with van der Waals surface area (Å²) in [5.74, 6) is 0.300. The molecule has 0 fully saturated rings. The summed E-state index contributed by atoms with van der Waals surface area (Å²) in [4.78, 5) is 33.2. The Kier molecular flexibility index (Phi) is 29.8. The molecule has 0 unspecified atom stereocenters. The maximum Gasteiger partial charge on any atom is 3.00 e. The zero-order valence-corrected chi connectivity index (χ0v) is 24.0. The quantitative estimate of drug-likeness (QED) is 0.115. The first kappa shape index (κ1) is 43.7. The number of ether oxygens (including phenoxy) is 2. The zero-order chi connectivity index (χ0) is 29.5. The van der Waals surface area contributed by atoms with Gasteiger partial charge in [0.1, 0.15) is 11.5 Å². The molecule has 223 valence electrons. The van der Waals surface area contributed by atoms with Crippen LogP contribution < -0.4 is 19.7 Å². The predicted molar refractivity (Wildman–Crippen MR) is 130 cm³/mol. The molecule has 20 heteroatoms. The third-order valence-corrected chi connectivity index (χ3v) is 3.44. The van der Waals surface area contributed by atoms with Crippen LogP contribution in [0.5, 0.6) is 23.0 Å². The Bertz CT molecular complexity index is 971. The second-order valence-electron chi connectivity index (χ2n) is 5.96. The molecule has 2 aromatic rings. The molecule has 0 heterocycles. The van der Waals surface area contributed by atoms with Crippen molar-refractivity contribution in [3.05, 3.63) is 93.5 Å². The van der Waals surface area contributed by atoms with Crippen LogP contribution in [0.15, 0.2) is 46.4 Å². The van der Waals surface area contributed by atoms with Gasteiger partial charge in [0.25, 0.3) is 0 Å². The second kappa shape index (κ2) is 27.3. The number of rotatable bonds is 9. The number of hydrogen-bond donors (Lipinski definition) is 0. The molecule has 0 aliphatic heterocycles. The molecule has 0 aliphatic rings. The minimum absolute atomic E-state index is 0. The van der Waals surface area contributed by atoms with Crippen LogP contribution in [0, 0.1) is 95.3 Å². The molecule has 0 bridgehead atoms. The van der Waals surface area contributed by atoms with E-state index >= 15 is 0 Å². The molecular formula is C20H22CuEuN5O13. The summed E-state index contributed by atoms with van der Waals surface area (Å²) in [6, 6.07) is 10.2. The molecule has 0 N–H and O–H groups in total. The van der Waals surface area contributed by atoms with E-state index in [0.717, 1.165) is 0 Å². The topological polar surface area (TPSA) is 288 Å². The second-order valence-corrected chi connectivity index (χ2v) is 5.96. The zero-order valence-electron chi connectivity index (χ0n) is 20.7. The van der Waals surface area contributed by atoms with Gasteiger partial charge in [-0.05, 0) is 37.1 Å². The molecule has 0 aliphatic carbocycles. The van der Waals surface area contributed by atoms with Crippen LogP contribution in [-0.4, -0.2) is 54.0 Å². The summed E-state index contributed by atoms with van der Waals surface area (Å²) < 4.78 is 10.5. The Hall–Kier alpha value is -3.32. The van der Waals surface area contributed by atoms with Crippen LogP contribution in [0.3, 0.4) is 0 Å². The molecule has 18 nitrogen and oxygen atoms in total. The molecule has 0 aromatic heterocycles.